The summed E-state index contributed by atoms with van der Waals surface area (Å²) in [5.74, 6) is -0.392. The van der Waals surface area contributed by atoms with Crippen molar-refractivity contribution in [3.05, 3.63) is 0 Å². The minimum absolute atomic E-state index is 0.00585. The molecule has 9 heteroatoms. The highest BCUT2D eigenvalue weighted by atomic mass is 31.2. The zero-order valence-corrected chi connectivity index (χ0v) is 19.7. The van der Waals surface area contributed by atoms with Crippen LogP contribution in [0.1, 0.15) is 71.1 Å². The quantitative estimate of drug-likeness (QED) is 0.143. The predicted molar refractivity (Wildman–Crippen MR) is 111 cm³/mol. The van der Waals surface area contributed by atoms with Gasteiger partial charge in [-0.05, 0) is 6.42 Å². The van der Waals surface area contributed by atoms with Gasteiger partial charge in [0.1, 0.15) is 25.9 Å². The van der Waals surface area contributed by atoms with E-state index in [2.05, 4.69) is 11.4 Å². The van der Waals surface area contributed by atoms with Crippen molar-refractivity contribution < 1.29 is 37.6 Å². The standard InChI is InChI=1S/C20H42NO7P/c1-5-6-7-8-9-10-11-12-13-14-20(23)26-17-19(22)18-28-29(24,25)27-16-15-21(2,3)4/h19,22H,5-18H2,1-4H3. The number of ether oxygens (including phenoxy) is 1. The summed E-state index contributed by atoms with van der Waals surface area (Å²) < 4.78 is 26.5. The van der Waals surface area contributed by atoms with Crippen LogP contribution in [0.15, 0.2) is 0 Å². The van der Waals surface area contributed by atoms with Gasteiger partial charge in [0.25, 0.3) is 7.82 Å². The lowest BCUT2D eigenvalue weighted by atomic mass is 10.1. The molecule has 0 heterocycles. The minimum Gasteiger partial charge on any atom is -0.756 e. The Labute approximate surface area is 176 Å². The van der Waals surface area contributed by atoms with E-state index in [1.165, 1.54) is 38.5 Å². The van der Waals surface area contributed by atoms with Gasteiger partial charge in [0, 0.05) is 6.42 Å². The van der Waals surface area contributed by atoms with Crippen molar-refractivity contribution in [3.63, 3.8) is 0 Å². The third kappa shape index (κ3) is 20.5. The number of aliphatic hydroxyl groups excluding tert-OH is 1. The van der Waals surface area contributed by atoms with Gasteiger partial charge in [0.2, 0.25) is 0 Å². The second-order valence-electron chi connectivity index (χ2n) is 8.51. The Morgan fingerprint density at radius 1 is 0.966 bits per heavy atom. The van der Waals surface area contributed by atoms with E-state index in [9.17, 15) is 19.4 Å². The first-order chi connectivity index (χ1) is 13.6. The number of esters is 1. The van der Waals surface area contributed by atoms with Gasteiger partial charge in [-0.25, -0.2) is 0 Å². The molecule has 0 saturated heterocycles. The lowest BCUT2D eigenvalue weighted by Crippen LogP contribution is -2.37. The fourth-order valence-electron chi connectivity index (χ4n) is 2.53. The number of rotatable bonds is 19. The number of hydrogen-bond donors (Lipinski definition) is 1. The van der Waals surface area contributed by atoms with Gasteiger partial charge in [0.05, 0.1) is 27.7 Å². The number of aliphatic hydroxyl groups is 1. The molecule has 0 aliphatic heterocycles. The molecule has 0 aromatic carbocycles. The fraction of sp³-hybridized carbons (Fsp3) is 0.950. The van der Waals surface area contributed by atoms with Crippen molar-refractivity contribution in [2.75, 3.05) is 47.5 Å². The van der Waals surface area contributed by atoms with Crippen LogP contribution in [0.5, 0.6) is 0 Å². The van der Waals surface area contributed by atoms with Gasteiger partial charge in [-0.1, -0.05) is 58.3 Å². The van der Waals surface area contributed by atoms with Crippen molar-refractivity contribution in [3.8, 4) is 0 Å². The van der Waals surface area contributed by atoms with E-state index in [0.717, 1.165) is 19.3 Å². The highest BCUT2D eigenvalue weighted by molar-refractivity contribution is 7.45. The fourth-order valence-corrected chi connectivity index (χ4v) is 3.26. The zero-order valence-electron chi connectivity index (χ0n) is 18.8. The summed E-state index contributed by atoms with van der Waals surface area (Å²) in [5, 5.41) is 9.73. The summed E-state index contributed by atoms with van der Waals surface area (Å²) in [6.07, 6.45) is 9.54. The first kappa shape index (κ1) is 28.5. The van der Waals surface area contributed by atoms with Gasteiger partial charge in [0.15, 0.2) is 0 Å². The van der Waals surface area contributed by atoms with Crippen LogP contribution in [-0.4, -0.2) is 69.2 Å². The number of quaternary nitrogens is 1. The summed E-state index contributed by atoms with van der Waals surface area (Å²) in [4.78, 5) is 23.3. The molecule has 0 fully saturated rings. The number of hydrogen-bond acceptors (Lipinski definition) is 7. The van der Waals surface area contributed by atoms with Gasteiger partial charge >= 0.3 is 5.97 Å². The molecule has 0 bridgehead atoms. The maximum atomic E-state index is 11.7. The van der Waals surface area contributed by atoms with Crippen LogP contribution >= 0.6 is 7.82 Å². The Bertz CT molecular complexity index is 468. The van der Waals surface area contributed by atoms with Gasteiger partial charge in [-0.15, -0.1) is 0 Å². The lowest BCUT2D eigenvalue weighted by Gasteiger charge is -2.27. The van der Waals surface area contributed by atoms with Gasteiger partial charge < -0.3 is 28.3 Å². The monoisotopic (exact) mass is 439 g/mol. The molecule has 0 aromatic rings. The Balaban J connectivity index is 3.69. The molecule has 8 nitrogen and oxygen atoms in total. The number of phosphoric acid groups is 1. The highest BCUT2D eigenvalue weighted by Crippen LogP contribution is 2.38. The summed E-state index contributed by atoms with van der Waals surface area (Å²) in [6.45, 7) is 1.89. The number of carbonyl (C=O) groups excluding carboxylic acids is 1. The minimum atomic E-state index is -4.48. The first-order valence-corrected chi connectivity index (χ1v) is 12.3. The summed E-state index contributed by atoms with van der Waals surface area (Å²) in [6, 6.07) is 0. The number of nitrogens with zero attached hydrogens (tertiary/aromatic N) is 1. The van der Waals surface area contributed by atoms with Crippen molar-refractivity contribution >= 4 is 13.8 Å². The van der Waals surface area contributed by atoms with Crippen molar-refractivity contribution in [1.82, 2.24) is 0 Å². The van der Waals surface area contributed by atoms with E-state index in [-0.39, 0.29) is 13.2 Å². The number of phosphoric ester groups is 1. The van der Waals surface area contributed by atoms with Crippen molar-refractivity contribution in [2.24, 2.45) is 0 Å². The number of likely N-dealkylation sites (N-methyl/N-ethyl adjacent to an activating group) is 1. The molecule has 0 amide bonds. The zero-order chi connectivity index (χ0) is 22.2. The molecule has 2 unspecified atom stereocenters. The molecule has 0 radical (unpaired) electrons. The molecular formula is C20H42NO7P. The maximum Gasteiger partial charge on any atom is 0.305 e. The van der Waals surface area contributed by atoms with Crippen LogP contribution in [0.25, 0.3) is 0 Å². The van der Waals surface area contributed by atoms with Gasteiger partial charge in [-0.2, -0.15) is 0 Å². The van der Waals surface area contributed by atoms with Crippen LogP contribution in [0.3, 0.4) is 0 Å². The Morgan fingerprint density at radius 2 is 1.52 bits per heavy atom. The van der Waals surface area contributed by atoms with E-state index >= 15 is 0 Å². The average molecular weight is 440 g/mol. The molecule has 0 rings (SSSR count). The number of unbranched alkanes of at least 4 members (excludes halogenated alkanes) is 8. The molecule has 0 spiro atoms. The Morgan fingerprint density at radius 3 is 2.07 bits per heavy atom. The predicted octanol–water partition coefficient (Wildman–Crippen LogP) is 3.02. The molecule has 0 saturated carbocycles. The van der Waals surface area contributed by atoms with Crippen LogP contribution in [0, 0.1) is 0 Å². The van der Waals surface area contributed by atoms with Crippen LogP contribution < -0.4 is 4.89 Å². The largest absolute Gasteiger partial charge is 0.756 e. The summed E-state index contributed by atoms with van der Waals surface area (Å²) >= 11 is 0. The molecule has 29 heavy (non-hydrogen) atoms. The first-order valence-electron chi connectivity index (χ1n) is 10.8. The second kappa shape index (κ2) is 16.2. The van der Waals surface area contributed by atoms with E-state index in [4.69, 9.17) is 9.26 Å². The Hall–Kier alpha value is -0.500. The third-order valence-corrected chi connectivity index (χ3v) is 5.32. The normalized spacial score (nSPS) is 15.1. The van der Waals surface area contributed by atoms with Gasteiger partial charge in [-0.3, -0.25) is 9.36 Å². The van der Waals surface area contributed by atoms with E-state index in [1.807, 2.05) is 21.1 Å². The number of carbonyl (C=O) groups is 1. The smallest absolute Gasteiger partial charge is 0.305 e. The summed E-state index contributed by atoms with van der Waals surface area (Å²) in [5.41, 5.74) is 0. The second-order valence-corrected chi connectivity index (χ2v) is 9.92. The maximum absolute atomic E-state index is 11.7. The third-order valence-electron chi connectivity index (χ3n) is 4.36. The topological polar surface area (TPSA) is 105 Å². The molecule has 2 atom stereocenters. The van der Waals surface area contributed by atoms with E-state index in [1.54, 1.807) is 0 Å². The molecule has 174 valence electrons. The highest BCUT2D eigenvalue weighted by Gasteiger charge is 2.16. The molecule has 0 aromatic heterocycles. The van der Waals surface area contributed by atoms with E-state index in [0.29, 0.717) is 17.4 Å². The molecule has 1 N–H and O–H groups in total. The Kier molecular flexibility index (Phi) is 15.9. The molecule has 0 aliphatic rings. The average Bonchev–Trinajstić information content (AvgIpc) is 2.62. The van der Waals surface area contributed by atoms with Crippen LogP contribution in [0.2, 0.25) is 0 Å². The summed E-state index contributed by atoms with van der Waals surface area (Å²) in [7, 11) is 1.25. The SMILES string of the molecule is CCCCCCCCCCCC(=O)OCC(O)COP(=O)([O-])OCC[N+](C)(C)C. The van der Waals surface area contributed by atoms with Crippen molar-refractivity contribution in [2.45, 2.75) is 77.2 Å². The molecule has 0 aliphatic carbocycles. The lowest BCUT2D eigenvalue weighted by molar-refractivity contribution is -0.870. The van der Waals surface area contributed by atoms with Crippen molar-refractivity contribution in [1.29, 1.82) is 0 Å². The molecular weight excluding hydrogens is 397 g/mol. The van der Waals surface area contributed by atoms with E-state index < -0.39 is 26.5 Å². The van der Waals surface area contributed by atoms with Crippen LogP contribution in [0.4, 0.5) is 0 Å². The van der Waals surface area contributed by atoms with Crippen LogP contribution in [-0.2, 0) is 23.1 Å².